The van der Waals surface area contributed by atoms with E-state index in [0.29, 0.717) is 22.0 Å². The summed E-state index contributed by atoms with van der Waals surface area (Å²) >= 11 is 6.25. The number of ether oxygens (including phenoxy) is 1. The van der Waals surface area contributed by atoms with Crippen LogP contribution in [-0.4, -0.2) is 25.0 Å². The third-order valence-corrected chi connectivity index (χ3v) is 5.89. The molecule has 1 saturated carbocycles. The summed E-state index contributed by atoms with van der Waals surface area (Å²) in [7, 11) is 1.56. The van der Waals surface area contributed by atoms with Crippen LogP contribution >= 0.6 is 11.6 Å². The van der Waals surface area contributed by atoms with Gasteiger partial charge in [0.1, 0.15) is 11.8 Å². The van der Waals surface area contributed by atoms with Crippen molar-refractivity contribution in [2.24, 2.45) is 0 Å². The Morgan fingerprint density at radius 3 is 2.56 bits per heavy atom. The summed E-state index contributed by atoms with van der Waals surface area (Å²) in [5.41, 5.74) is 1.12. The lowest BCUT2D eigenvalue weighted by Gasteiger charge is -2.32. The van der Waals surface area contributed by atoms with E-state index in [1.165, 1.54) is 11.2 Å². The number of methoxy groups -OCH3 is 1. The van der Waals surface area contributed by atoms with Gasteiger partial charge in [0.15, 0.2) is 5.76 Å². The highest BCUT2D eigenvalue weighted by Crippen LogP contribution is 2.33. The molecule has 4 rings (SSSR count). The van der Waals surface area contributed by atoms with Crippen molar-refractivity contribution in [1.29, 1.82) is 0 Å². The molecule has 1 aliphatic rings. The van der Waals surface area contributed by atoms with Gasteiger partial charge in [0.25, 0.3) is 5.91 Å². The smallest absolute Gasteiger partial charge is 0.294 e. The first-order valence-electron chi connectivity index (χ1n) is 10.6. The van der Waals surface area contributed by atoms with Crippen molar-refractivity contribution in [1.82, 2.24) is 5.32 Å². The number of hydrogen-bond acceptors (Lipinski definition) is 4. The van der Waals surface area contributed by atoms with Crippen molar-refractivity contribution in [2.75, 3.05) is 12.0 Å². The monoisotopic (exact) mass is 452 g/mol. The average Bonchev–Trinajstić information content (AvgIpc) is 3.51. The maximum absolute atomic E-state index is 13.7. The van der Waals surface area contributed by atoms with E-state index in [2.05, 4.69) is 5.32 Å². The van der Waals surface area contributed by atoms with Crippen molar-refractivity contribution < 1.29 is 18.7 Å². The second kappa shape index (κ2) is 9.92. The minimum Gasteiger partial charge on any atom is -0.497 e. The third kappa shape index (κ3) is 4.81. The molecule has 32 heavy (non-hydrogen) atoms. The number of carbonyl (C=O) groups excluding carboxylic acids is 2. The molecule has 3 aromatic rings. The Hall–Kier alpha value is -3.25. The van der Waals surface area contributed by atoms with Crippen LogP contribution in [0.2, 0.25) is 5.02 Å². The summed E-state index contributed by atoms with van der Waals surface area (Å²) in [6.45, 7) is 0. The second-order valence-electron chi connectivity index (χ2n) is 7.80. The van der Waals surface area contributed by atoms with Crippen LogP contribution in [-0.2, 0) is 4.79 Å². The zero-order chi connectivity index (χ0) is 22.5. The van der Waals surface area contributed by atoms with Crippen molar-refractivity contribution in [3.8, 4) is 5.75 Å². The molecular weight excluding hydrogens is 428 g/mol. The van der Waals surface area contributed by atoms with Gasteiger partial charge in [0.05, 0.1) is 13.4 Å². The number of halogens is 1. The van der Waals surface area contributed by atoms with Crippen LogP contribution in [0.25, 0.3) is 0 Å². The summed E-state index contributed by atoms with van der Waals surface area (Å²) in [6.07, 6.45) is 5.46. The Bertz CT molecular complexity index is 1080. The van der Waals surface area contributed by atoms with E-state index in [0.717, 1.165) is 25.7 Å². The SMILES string of the molecule is COc1cccc([C@@H](C(=O)NC2CCCC2)N(C(=O)c2ccco2)c2cccc(Cl)c2)c1. The largest absolute Gasteiger partial charge is 0.497 e. The molecule has 6 nitrogen and oxygen atoms in total. The molecule has 166 valence electrons. The third-order valence-electron chi connectivity index (χ3n) is 5.65. The minimum atomic E-state index is -0.943. The number of amides is 2. The summed E-state index contributed by atoms with van der Waals surface area (Å²) in [5, 5.41) is 3.60. The molecule has 1 atom stereocenters. The lowest BCUT2D eigenvalue weighted by atomic mass is 10.0. The molecule has 0 radical (unpaired) electrons. The summed E-state index contributed by atoms with van der Waals surface area (Å²) < 4.78 is 10.8. The molecule has 0 bridgehead atoms. The maximum Gasteiger partial charge on any atom is 0.294 e. The number of nitrogens with one attached hydrogen (secondary N) is 1. The van der Waals surface area contributed by atoms with Gasteiger partial charge in [-0.05, 0) is 60.9 Å². The zero-order valence-electron chi connectivity index (χ0n) is 17.8. The molecule has 2 aromatic carbocycles. The number of benzene rings is 2. The predicted molar refractivity (Wildman–Crippen MR) is 123 cm³/mol. The van der Waals surface area contributed by atoms with Gasteiger partial charge >= 0.3 is 0 Å². The summed E-state index contributed by atoms with van der Waals surface area (Å²) in [6, 6.07) is 16.4. The van der Waals surface area contributed by atoms with Crippen LogP contribution in [0.4, 0.5) is 5.69 Å². The number of hydrogen-bond donors (Lipinski definition) is 1. The summed E-state index contributed by atoms with van der Waals surface area (Å²) in [5.74, 6) is 0.0286. The molecule has 1 aromatic heterocycles. The van der Waals surface area contributed by atoms with Crippen molar-refractivity contribution in [3.63, 3.8) is 0 Å². The van der Waals surface area contributed by atoms with Crippen LogP contribution in [0.1, 0.15) is 47.8 Å². The number of nitrogens with zero attached hydrogens (tertiary/aromatic N) is 1. The predicted octanol–water partition coefficient (Wildman–Crippen LogP) is 5.39. The fraction of sp³-hybridized carbons (Fsp3) is 0.280. The zero-order valence-corrected chi connectivity index (χ0v) is 18.5. The lowest BCUT2D eigenvalue weighted by Crippen LogP contribution is -2.46. The number of anilines is 1. The van der Waals surface area contributed by atoms with Gasteiger partial charge in [0, 0.05) is 16.8 Å². The molecule has 1 N–H and O–H groups in total. The molecular formula is C25H25ClN2O4. The van der Waals surface area contributed by atoms with E-state index in [9.17, 15) is 9.59 Å². The Morgan fingerprint density at radius 1 is 1.09 bits per heavy atom. The van der Waals surface area contributed by atoms with E-state index < -0.39 is 11.9 Å². The molecule has 0 unspecified atom stereocenters. The van der Waals surface area contributed by atoms with E-state index in [1.54, 1.807) is 61.7 Å². The van der Waals surface area contributed by atoms with Crippen LogP contribution in [0.3, 0.4) is 0 Å². The molecule has 1 aliphatic carbocycles. The lowest BCUT2D eigenvalue weighted by molar-refractivity contribution is -0.123. The molecule has 0 saturated heterocycles. The van der Waals surface area contributed by atoms with Gasteiger partial charge in [-0.1, -0.05) is 42.6 Å². The molecule has 0 spiro atoms. The molecule has 1 heterocycles. The first-order chi connectivity index (χ1) is 15.6. The molecule has 2 amide bonds. The number of carbonyl (C=O) groups is 2. The van der Waals surface area contributed by atoms with Crippen LogP contribution < -0.4 is 15.0 Å². The standard InChI is InChI=1S/C25H25ClN2O4/c1-31-21-12-4-7-17(15-21)23(24(29)27-19-9-2-3-10-19)28(20-11-5-8-18(26)16-20)25(30)22-13-6-14-32-22/h4-8,11-16,19,23H,2-3,9-10H2,1H3,(H,27,29)/t23-/m0/s1. The Kier molecular flexibility index (Phi) is 6.81. The second-order valence-corrected chi connectivity index (χ2v) is 8.24. The highest BCUT2D eigenvalue weighted by molar-refractivity contribution is 6.31. The van der Waals surface area contributed by atoms with Crippen molar-refractivity contribution >= 4 is 29.1 Å². The number of rotatable bonds is 7. The van der Waals surface area contributed by atoms with Gasteiger partial charge in [-0.25, -0.2) is 0 Å². The Balaban J connectivity index is 1.82. The number of furan rings is 1. The molecule has 7 heteroatoms. The molecule has 1 fully saturated rings. The maximum atomic E-state index is 13.7. The van der Waals surface area contributed by atoms with E-state index in [1.807, 2.05) is 6.07 Å². The van der Waals surface area contributed by atoms with Gasteiger partial charge < -0.3 is 14.5 Å². The van der Waals surface area contributed by atoms with E-state index in [4.69, 9.17) is 20.8 Å². The van der Waals surface area contributed by atoms with Crippen LogP contribution in [0.15, 0.2) is 71.3 Å². The first kappa shape index (κ1) is 22.0. The van der Waals surface area contributed by atoms with Crippen molar-refractivity contribution in [2.45, 2.75) is 37.8 Å². The summed E-state index contributed by atoms with van der Waals surface area (Å²) in [4.78, 5) is 28.7. The Labute approximate surface area is 192 Å². The van der Waals surface area contributed by atoms with E-state index >= 15 is 0 Å². The Morgan fingerprint density at radius 2 is 1.88 bits per heavy atom. The highest BCUT2D eigenvalue weighted by Gasteiger charge is 2.36. The quantitative estimate of drug-likeness (QED) is 0.521. The van der Waals surface area contributed by atoms with E-state index in [-0.39, 0.29) is 17.7 Å². The fourth-order valence-corrected chi connectivity index (χ4v) is 4.29. The topological polar surface area (TPSA) is 71.8 Å². The first-order valence-corrected chi connectivity index (χ1v) is 11.0. The van der Waals surface area contributed by atoms with Gasteiger partial charge in [-0.15, -0.1) is 0 Å². The van der Waals surface area contributed by atoms with Gasteiger partial charge in [-0.3, -0.25) is 14.5 Å². The fourth-order valence-electron chi connectivity index (χ4n) is 4.11. The normalized spacial score (nSPS) is 14.7. The highest BCUT2D eigenvalue weighted by atomic mass is 35.5. The van der Waals surface area contributed by atoms with Crippen molar-refractivity contribution in [3.05, 3.63) is 83.3 Å². The van der Waals surface area contributed by atoms with Gasteiger partial charge in [0.2, 0.25) is 5.91 Å². The molecule has 0 aliphatic heterocycles. The van der Waals surface area contributed by atoms with Crippen LogP contribution in [0.5, 0.6) is 5.75 Å². The minimum absolute atomic E-state index is 0.0931. The average molecular weight is 453 g/mol. The van der Waals surface area contributed by atoms with Crippen LogP contribution in [0, 0.1) is 0 Å². The van der Waals surface area contributed by atoms with Gasteiger partial charge in [-0.2, -0.15) is 0 Å².